The summed E-state index contributed by atoms with van der Waals surface area (Å²) in [5, 5.41) is 4.10. The fraction of sp³-hybridized carbons (Fsp3) is 0.727. The maximum atomic E-state index is 12.0. The lowest BCUT2D eigenvalue weighted by Gasteiger charge is -2.20. The van der Waals surface area contributed by atoms with Crippen LogP contribution in [0.5, 0.6) is 0 Å². The first-order valence-corrected chi connectivity index (χ1v) is 5.50. The van der Waals surface area contributed by atoms with E-state index in [4.69, 9.17) is 5.73 Å². The van der Waals surface area contributed by atoms with Crippen LogP contribution in [0.15, 0.2) is 6.33 Å². The van der Waals surface area contributed by atoms with Gasteiger partial charge < -0.3 is 5.73 Å². The van der Waals surface area contributed by atoms with E-state index in [1.165, 1.54) is 6.33 Å². The molecule has 0 aromatic carbocycles. The highest BCUT2D eigenvalue weighted by molar-refractivity contribution is 5.85. The number of carbonyl (C=O) groups is 1. The number of hydrogen-bond acceptors (Lipinski definition) is 4. The van der Waals surface area contributed by atoms with Gasteiger partial charge in [0.05, 0.1) is 6.42 Å². The van der Waals surface area contributed by atoms with Gasteiger partial charge in [-0.1, -0.05) is 13.8 Å². The number of aromatic nitrogens is 3. The summed E-state index contributed by atoms with van der Waals surface area (Å²) in [4.78, 5) is 16.1. The molecule has 0 saturated heterocycles. The van der Waals surface area contributed by atoms with E-state index in [9.17, 15) is 4.79 Å². The molecule has 0 bridgehead atoms. The lowest BCUT2D eigenvalue weighted by molar-refractivity contribution is -0.126. The van der Waals surface area contributed by atoms with Gasteiger partial charge in [-0.05, 0) is 13.8 Å². The monoisotopic (exact) mass is 224 g/mol. The van der Waals surface area contributed by atoms with Crippen molar-refractivity contribution in [3.05, 3.63) is 12.2 Å². The minimum atomic E-state index is -0.492. The van der Waals surface area contributed by atoms with Crippen molar-refractivity contribution in [2.75, 3.05) is 6.54 Å². The van der Waals surface area contributed by atoms with Gasteiger partial charge in [0.2, 0.25) is 0 Å². The molecular formula is C11H20N4O. The standard InChI is InChI=1S/C11H20N4O/c1-8(2)15-10(13-7-14-15)5-9(16)11(3,4)6-12/h7-8H,5-6,12H2,1-4H3. The Morgan fingerprint density at radius 1 is 1.56 bits per heavy atom. The first-order chi connectivity index (χ1) is 7.38. The van der Waals surface area contributed by atoms with Gasteiger partial charge in [-0.2, -0.15) is 5.10 Å². The van der Waals surface area contributed by atoms with Crippen molar-refractivity contribution < 1.29 is 4.79 Å². The van der Waals surface area contributed by atoms with Gasteiger partial charge in [-0.25, -0.2) is 9.67 Å². The number of hydrogen-bond donors (Lipinski definition) is 1. The topological polar surface area (TPSA) is 73.8 Å². The largest absolute Gasteiger partial charge is 0.329 e. The molecule has 1 aromatic rings. The third-order valence-corrected chi connectivity index (χ3v) is 2.72. The molecule has 16 heavy (non-hydrogen) atoms. The van der Waals surface area contributed by atoms with Gasteiger partial charge in [0.25, 0.3) is 0 Å². The Morgan fingerprint density at radius 3 is 2.69 bits per heavy atom. The number of carbonyl (C=O) groups excluding carboxylic acids is 1. The summed E-state index contributed by atoms with van der Waals surface area (Å²) >= 11 is 0. The maximum absolute atomic E-state index is 12.0. The molecule has 2 N–H and O–H groups in total. The first kappa shape index (κ1) is 12.8. The molecule has 5 nitrogen and oxygen atoms in total. The van der Waals surface area contributed by atoms with Crippen LogP contribution in [-0.2, 0) is 11.2 Å². The second-order valence-electron chi connectivity index (χ2n) is 4.90. The maximum Gasteiger partial charge on any atom is 0.147 e. The molecule has 0 atom stereocenters. The Hall–Kier alpha value is -1.23. The Kier molecular flexibility index (Phi) is 3.80. The average Bonchev–Trinajstić information content (AvgIpc) is 2.65. The summed E-state index contributed by atoms with van der Waals surface area (Å²) in [6.45, 7) is 8.08. The molecule has 0 saturated carbocycles. The minimum Gasteiger partial charge on any atom is -0.329 e. The molecule has 1 rings (SSSR count). The summed E-state index contributed by atoms with van der Waals surface area (Å²) in [6.07, 6.45) is 1.78. The van der Waals surface area contributed by atoms with E-state index in [-0.39, 0.29) is 11.8 Å². The summed E-state index contributed by atoms with van der Waals surface area (Å²) in [6, 6.07) is 0.214. The van der Waals surface area contributed by atoms with Gasteiger partial charge in [0, 0.05) is 18.0 Å². The molecule has 0 unspecified atom stereocenters. The van der Waals surface area contributed by atoms with Crippen molar-refractivity contribution in [2.24, 2.45) is 11.1 Å². The Labute approximate surface area is 96.0 Å². The number of rotatable bonds is 5. The molecule has 0 aliphatic heterocycles. The molecule has 0 aliphatic rings. The zero-order chi connectivity index (χ0) is 12.3. The van der Waals surface area contributed by atoms with Crippen LogP contribution in [0.2, 0.25) is 0 Å². The highest BCUT2D eigenvalue weighted by atomic mass is 16.1. The lowest BCUT2D eigenvalue weighted by Crippen LogP contribution is -2.34. The molecule has 0 fully saturated rings. The molecule has 0 spiro atoms. The predicted molar refractivity (Wildman–Crippen MR) is 62.0 cm³/mol. The Morgan fingerprint density at radius 2 is 2.19 bits per heavy atom. The summed E-state index contributed by atoms with van der Waals surface area (Å²) in [5.74, 6) is 0.812. The van der Waals surface area contributed by atoms with Gasteiger partial charge in [-0.3, -0.25) is 4.79 Å². The molecule has 1 aromatic heterocycles. The third kappa shape index (κ3) is 2.66. The van der Waals surface area contributed by atoms with Crippen molar-refractivity contribution in [2.45, 2.75) is 40.2 Å². The average molecular weight is 224 g/mol. The number of nitrogens with two attached hydrogens (primary N) is 1. The van der Waals surface area contributed by atoms with Crippen molar-refractivity contribution in [3.8, 4) is 0 Å². The molecule has 0 amide bonds. The Balaban J connectivity index is 2.81. The fourth-order valence-electron chi connectivity index (χ4n) is 1.33. The smallest absolute Gasteiger partial charge is 0.147 e. The second-order valence-corrected chi connectivity index (χ2v) is 4.90. The molecule has 1 heterocycles. The number of Topliss-reactive ketones (excluding diaryl/α,β-unsaturated/α-hetero) is 1. The van der Waals surface area contributed by atoms with Gasteiger partial charge >= 0.3 is 0 Å². The number of nitrogens with zero attached hydrogens (tertiary/aromatic N) is 3. The third-order valence-electron chi connectivity index (χ3n) is 2.72. The fourth-order valence-corrected chi connectivity index (χ4v) is 1.33. The van der Waals surface area contributed by atoms with Crippen LogP contribution in [0, 0.1) is 5.41 Å². The summed E-state index contributed by atoms with van der Waals surface area (Å²) < 4.78 is 1.77. The van der Waals surface area contributed by atoms with Crippen LogP contribution in [0.3, 0.4) is 0 Å². The second kappa shape index (κ2) is 4.74. The predicted octanol–water partition coefficient (Wildman–Crippen LogP) is 0.956. The van der Waals surface area contributed by atoms with Gasteiger partial charge in [0.15, 0.2) is 0 Å². The van der Waals surface area contributed by atoms with E-state index in [2.05, 4.69) is 10.1 Å². The van der Waals surface area contributed by atoms with Crippen molar-refractivity contribution in [1.82, 2.24) is 14.8 Å². The molecular weight excluding hydrogens is 204 g/mol. The van der Waals surface area contributed by atoms with Gasteiger partial charge in [-0.15, -0.1) is 0 Å². The van der Waals surface area contributed by atoms with Crippen LogP contribution in [0.4, 0.5) is 0 Å². The zero-order valence-corrected chi connectivity index (χ0v) is 10.4. The lowest BCUT2D eigenvalue weighted by atomic mass is 9.86. The molecule has 5 heteroatoms. The van der Waals surface area contributed by atoms with Crippen molar-refractivity contribution in [1.29, 1.82) is 0 Å². The van der Waals surface area contributed by atoms with E-state index >= 15 is 0 Å². The number of ketones is 1. The first-order valence-electron chi connectivity index (χ1n) is 5.50. The van der Waals surface area contributed by atoms with E-state index < -0.39 is 5.41 Å². The molecule has 0 radical (unpaired) electrons. The minimum absolute atomic E-state index is 0.102. The summed E-state index contributed by atoms with van der Waals surface area (Å²) in [5.41, 5.74) is 5.08. The SMILES string of the molecule is CC(C)n1ncnc1CC(=O)C(C)(C)CN. The molecule has 0 aliphatic carbocycles. The van der Waals surface area contributed by atoms with Crippen molar-refractivity contribution >= 4 is 5.78 Å². The van der Waals surface area contributed by atoms with Crippen LogP contribution in [0.25, 0.3) is 0 Å². The highest BCUT2D eigenvalue weighted by Gasteiger charge is 2.27. The van der Waals surface area contributed by atoms with Crippen LogP contribution in [-0.4, -0.2) is 27.1 Å². The van der Waals surface area contributed by atoms with E-state index in [1.54, 1.807) is 4.68 Å². The van der Waals surface area contributed by atoms with E-state index in [1.807, 2.05) is 27.7 Å². The van der Waals surface area contributed by atoms with Crippen molar-refractivity contribution in [3.63, 3.8) is 0 Å². The normalized spacial score (nSPS) is 12.1. The van der Waals surface area contributed by atoms with Crippen LogP contribution in [0.1, 0.15) is 39.6 Å². The Bertz CT molecular complexity index is 368. The van der Waals surface area contributed by atoms with Crippen LogP contribution >= 0.6 is 0 Å². The van der Waals surface area contributed by atoms with E-state index in [0.29, 0.717) is 18.8 Å². The summed E-state index contributed by atoms with van der Waals surface area (Å²) in [7, 11) is 0. The van der Waals surface area contributed by atoms with Crippen LogP contribution < -0.4 is 5.73 Å². The quantitative estimate of drug-likeness (QED) is 0.808. The van der Waals surface area contributed by atoms with Gasteiger partial charge in [0.1, 0.15) is 17.9 Å². The van der Waals surface area contributed by atoms with E-state index in [0.717, 1.165) is 0 Å². The molecule has 90 valence electrons. The zero-order valence-electron chi connectivity index (χ0n) is 10.4. The highest BCUT2D eigenvalue weighted by Crippen LogP contribution is 2.17.